The van der Waals surface area contributed by atoms with Gasteiger partial charge in [-0.05, 0) is 18.9 Å². The Kier molecular flexibility index (Phi) is 3.71. The maximum atomic E-state index is 12.7. The molecule has 0 radical (unpaired) electrons. The quantitative estimate of drug-likeness (QED) is 0.626. The fourth-order valence-electron chi connectivity index (χ4n) is 1.50. The minimum atomic E-state index is -4.11. The highest BCUT2D eigenvalue weighted by molar-refractivity contribution is 7.18. The standard InChI is InChI=1S/C11H12F4N2OS/c12-10(13)11(14,15)4-17-7-3-6(16)9(19-7)8(18)5-1-2-5/h3,5,10,17H,1-2,4,16H2. The van der Waals surface area contributed by atoms with Crippen molar-refractivity contribution in [2.24, 2.45) is 5.92 Å². The molecule has 3 N–H and O–H groups in total. The molecular weight excluding hydrogens is 284 g/mol. The number of ketones is 1. The Morgan fingerprint density at radius 1 is 1.53 bits per heavy atom. The van der Waals surface area contributed by atoms with Crippen molar-refractivity contribution in [2.45, 2.75) is 25.2 Å². The van der Waals surface area contributed by atoms with E-state index in [9.17, 15) is 22.4 Å². The molecule has 1 aliphatic rings. The van der Waals surface area contributed by atoms with Gasteiger partial charge in [-0.1, -0.05) is 0 Å². The van der Waals surface area contributed by atoms with Crippen LogP contribution in [0.1, 0.15) is 22.5 Å². The first-order valence-corrected chi connectivity index (χ1v) is 6.46. The second-order valence-electron chi connectivity index (χ2n) is 4.45. The predicted molar refractivity (Wildman–Crippen MR) is 65.2 cm³/mol. The third-order valence-electron chi connectivity index (χ3n) is 2.75. The van der Waals surface area contributed by atoms with E-state index in [4.69, 9.17) is 5.73 Å². The molecule has 3 nitrogen and oxygen atoms in total. The molecule has 0 spiro atoms. The maximum Gasteiger partial charge on any atom is 0.324 e. The van der Waals surface area contributed by atoms with E-state index >= 15 is 0 Å². The molecule has 8 heteroatoms. The average molecular weight is 296 g/mol. The Hall–Kier alpha value is -1.31. The molecular formula is C11H12F4N2OS. The van der Waals surface area contributed by atoms with Crippen LogP contribution >= 0.6 is 11.3 Å². The van der Waals surface area contributed by atoms with E-state index in [1.165, 1.54) is 6.07 Å². The Morgan fingerprint density at radius 3 is 2.68 bits per heavy atom. The molecule has 1 heterocycles. The molecule has 0 aliphatic heterocycles. The third kappa shape index (κ3) is 3.17. The van der Waals surface area contributed by atoms with Crippen LogP contribution in [0.5, 0.6) is 0 Å². The first kappa shape index (κ1) is 14.1. The van der Waals surface area contributed by atoms with Gasteiger partial charge in [0, 0.05) is 5.92 Å². The molecule has 0 aromatic carbocycles. The molecule has 1 aliphatic carbocycles. The summed E-state index contributed by atoms with van der Waals surface area (Å²) in [5, 5.41) is 2.39. The molecule has 0 atom stereocenters. The van der Waals surface area contributed by atoms with E-state index < -0.39 is 18.9 Å². The number of halogens is 4. The summed E-state index contributed by atoms with van der Waals surface area (Å²) in [5.74, 6) is -4.24. The number of carbonyl (C=O) groups is 1. The van der Waals surface area contributed by atoms with Gasteiger partial charge in [0.15, 0.2) is 5.78 Å². The summed E-state index contributed by atoms with van der Waals surface area (Å²) >= 11 is 0.924. The second kappa shape index (κ2) is 4.99. The van der Waals surface area contributed by atoms with E-state index in [1.54, 1.807) is 0 Å². The van der Waals surface area contributed by atoms with Crippen LogP contribution in [0.4, 0.5) is 28.3 Å². The molecule has 1 aromatic heterocycles. The topological polar surface area (TPSA) is 55.1 Å². The monoisotopic (exact) mass is 296 g/mol. The van der Waals surface area contributed by atoms with Crippen LogP contribution in [0.2, 0.25) is 0 Å². The zero-order chi connectivity index (χ0) is 14.2. The van der Waals surface area contributed by atoms with Gasteiger partial charge in [-0.2, -0.15) is 8.78 Å². The van der Waals surface area contributed by atoms with Crippen molar-refractivity contribution in [1.29, 1.82) is 0 Å². The highest BCUT2D eigenvalue weighted by Crippen LogP contribution is 2.39. The van der Waals surface area contributed by atoms with Crippen LogP contribution in [0.15, 0.2) is 6.07 Å². The largest absolute Gasteiger partial charge is 0.397 e. The zero-order valence-corrected chi connectivity index (χ0v) is 10.6. The van der Waals surface area contributed by atoms with Gasteiger partial charge in [0.1, 0.15) is 0 Å². The van der Waals surface area contributed by atoms with Gasteiger partial charge < -0.3 is 11.1 Å². The summed E-state index contributed by atoms with van der Waals surface area (Å²) in [6.07, 6.45) is -2.12. The average Bonchev–Trinajstić information content (AvgIpc) is 3.10. The van der Waals surface area contributed by atoms with Gasteiger partial charge in [0.05, 0.1) is 22.1 Å². The van der Waals surface area contributed by atoms with Crippen molar-refractivity contribution in [3.8, 4) is 0 Å². The first-order chi connectivity index (χ1) is 8.81. The number of nitrogens with two attached hydrogens (primary N) is 1. The molecule has 19 heavy (non-hydrogen) atoms. The van der Waals surface area contributed by atoms with Gasteiger partial charge in [-0.15, -0.1) is 11.3 Å². The number of anilines is 2. The number of nitrogens with one attached hydrogen (secondary N) is 1. The Bertz CT molecular complexity index is 485. The SMILES string of the molecule is Nc1cc(NCC(F)(F)C(F)F)sc1C(=O)C1CC1. The number of Topliss-reactive ketones (excluding diaryl/α,β-unsaturated/α-hetero) is 1. The van der Waals surface area contributed by atoms with Crippen molar-refractivity contribution >= 4 is 27.8 Å². The molecule has 1 aromatic rings. The van der Waals surface area contributed by atoms with Crippen molar-refractivity contribution in [1.82, 2.24) is 0 Å². The van der Waals surface area contributed by atoms with Crippen molar-refractivity contribution in [2.75, 3.05) is 17.6 Å². The van der Waals surface area contributed by atoms with Crippen molar-refractivity contribution < 1.29 is 22.4 Å². The van der Waals surface area contributed by atoms with Crippen LogP contribution in [0.3, 0.4) is 0 Å². The van der Waals surface area contributed by atoms with Crippen molar-refractivity contribution in [3.05, 3.63) is 10.9 Å². The Balaban J connectivity index is 2.02. The molecule has 0 amide bonds. The Labute approximate surface area is 110 Å². The maximum absolute atomic E-state index is 12.7. The third-order valence-corrected chi connectivity index (χ3v) is 3.87. The van der Waals surface area contributed by atoms with Crippen LogP contribution in [-0.2, 0) is 0 Å². The summed E-state index contributed by atoms with van der Waals surface area (Å²) in [6.45, 7) is -1.19. The van der Waals surface area contributed by atoms with Crippen LogP contribution in [0, 0.1) is 5.92 Å². The molecule has 0 bridgehead atoms. The fraction of sp³-hybridized carbons (Fsp3) is 0.545. The van der Waals surface area contributed by atoms with Gasteiger partial charge in [-0.3, -0.25) is 4.79 Å². The molecule has 1 saturated carbocycles. The van der Waals surface area contributed by atoms with Gasteiger partial charge >= 0.3 is 12.3 Å². The molecule has 1 fully saturated rings. The van der Waals surface area contributed by atoms with E-state index in [2.05, 4.69) is 5.32 Å². The molecule has 2 rings (SSSR count). The minimum absolute atomic E-state index is 0.0312. The normalized spacial score (nSPS) is 15.8. The lowest BCUT2D eigenvalue weighted by atomic mass is 10.2. The smallest absolute Gasteiger partial charge is 0.324 e. The highest BCUT2D eigenvalue weighted by Gasteiger charge is 2.40. The first-order valence-electron chi connectivity index (χ1n) is 5.64. The summed E-state index contributed by atoms with van der Waals surface area (Å²) in [7, 11) is 0. The number of carbonyl (C=O) groups excluding carboxylic acids is 1. The number of rotatable bonds is 6. The number of nitrogen functional groups attached to an aromatic ring is 1. The number of thiophene rings is 1. The molecule has 106 valence electrons. The van der Waals surface area contributed by atoms with Crippen molar-refractivity contribution in [3.63, 3.8) is 0 Å². The number of hydrogen-bond acceptors (Lipinski definition) is 4. The van der Waals surface area contributed by atoms with Gasteiger partial charge in [0.2, 0.25) is 0 Å². The summed E-state index contributed by atoms with van der Waals surface area (Å²) < 4.78 is 49.4. The van der Waals surface area contributed by atoms with Gasteiger partial charge in [-0.25, -0.2) is 8.78 Å². The summed E-state index contributed by atoms with van der Waals surface area (Å²) in [4.78, 5) is 12.1. The summed E-state index contributed by atoms with van der Waals surface area (Å²) in [5.41, 5.74) is 5.82. The minimum Gasteiger partial charge on any atom is -0.397 e. The van der Waals surface area contributed by atoms with Crippen LogP contribution < -0.4 is 11.1 Å². The molecule has 0 unspecified atom stereocenters. The zero-order valence-electron chi connectivity index (χ0n) is 9.76. The number of alkyl halides is 4. The summed E-state index contributed by atoms with van der Waals surface area (Å²) in [6, 6.07) is 1.32. The fourth-order valence-corrected chi connectivity index (χ4v) is 2.49. The van der Waals surface area contributed by atoms with E-state index in [0.29, 0.717) is 4.88 Å². The van der Waals surface area contributed by atoms with Crippen LogP contribution in [0.25, 0.3) is 0 Å². The lowest BCUT2D eigenvalue weighted by molar-refractivity contribution is -0.117. The van der Waals surface area contributed by atoms with E-state index in [0.717, 1.165) is 24.2 Å². The van der Waals surface area contributed by atoms with Gasteiger partial charge in [0.25, 0.3) is 0 Å². The lowest BCUT2D eigenvalue weighted by Crippen LogP contribution is -2.34. The molecule has 0 saturated heterocycles. The van der Waals surface area contributed by atoms with Crippen LogP contribution in [-0.4, -0.2) is 24.7 Å². The lowest BCUT2D eigenvalue weighted by Gasteiger charge is -2.15. The highest BCUT2D eigenvalue weighted by atomic mass is 32.1. The second-order valence-corrected chi connectivity index (χ2v) is 5.50. The Morgan fingerprint density at radius 2 is 2.16 bits per heavy atom. The van der Waals surface area contributed by atoms with E-state index in [-0.39, 0.29) is 22.4 Å². The van der Waals surface area contributed by atoms with E-state index in [1.807, 2.05) is 0 Å². The predicted octanol–water partition coefficient (Wildman–Crippen LogP) is 3.24. The number of hydrogen-bond donors (Lipinski definition) is 2.